The molecule has 2 aromatic carbocycles. The zero-order valence-corrected chi connectivity index (χ0v) is 17.0. The smallest absolute Gasteiger partial charge is 0.261 e. The van der Waals surface area contributed by atoms with E-state index in [0.717, 1.165) is 6.42 Å². The van der Waals surface area contributed by atoms with Crippen molar-refractivity contribution in [3.8, 4) is 5.75 Å². The first kappa shape index (κ1) is 21.7. The van der Waals surface area contributed by atoms with Crippen LogP contribution in [0.5, 0.6) is 5.75 Å². The van der Waals surface area contributed by atoms with E-state index in [2.05, 4.69) is 23.9 Å². The number of ether oxygens (including phenoxy) is 1. The van der Waals surface area contributed by atoms with Gasteiger partial charge < -0.3 is 10.1 Å². The topological polar surface area (TPSA) is 84.5 Å². The quantitative estimate of drug-likeness (QED) is 0.665. The fourth-order valence-corrected chi connectivity index (χ4v) is 3.52. The molecule has 0 saturated heterocycles. The molecule has 0 aliphatic heterocycles. The van der Waals surface area contributed by atoms with Crippen molar-refractivity contribution in [3.05, 3.63) is 53.8 Å². The minimum Gasteiger partial charge on any atom is -0.484 e. The van der Waals surface area contributed by atoms with Crippen LogP contribution in [-0.4, -0.2) is 27.5 Å². The normalized spacial score (nSPS) is 11.3. The highest BCUT2D eigenvalue weighted by Gasteiger charge is 2.16. The lowest BCUT2D eigenvalue weighted by atomic mass is 10.1. The summed E-state index contributed by atoms with van der Waals surface area (Å²) in [6.07, 6.45) is 0.887. The van der Waals surface area contributed by atoms with Gasteiger partial charge in [0.05, 0.1) is 4.90 Å². The third-order valence-corrected chi connectivity index (χ3v) is 5.33. The summed E-state index contributed by atoms with van der Waals surface area (Å²) < 4.78 is 45.8. The molecule has 6 nitrogen and oxygen atoms in total. The predicted molar refractivity (Wildman–Crippen MR) is 106 cm³/mol. The standard InChI is InChI=1S/C20H25FN2O4S/c1-14(2)10-11-22-20(24)13-27-19-9-8-18(12-15(19)3)28(25,26)23-17-6-4-16(21)5-7-17/h4-9,12,14,23H,10-11,13H2,1-3H3,(H,22,24). The molecule has 8 heteroatoms. The molecule has 0 saturated carbocycles. The summed E-state index contributed by atoms with van der Waals surface area (Å²) in [6.45, 7) is 6.30. The van der Waals surface area contributed by atoms with Crippen molar-refractivity contribution in [2.24, 2.45) is 5.92 Å². The summed E-state index contributed by atoms with van der Waals surface area (Å²) >= 11 is 0. The molecule has 2 rings (SSSR count). The number of sulfonamides is 1. The molecule has 0 unspecified atom stereocenters. The van der Waals surface area contributed by atoms with Gasteiger partial charge >= 0.3 is 0 Å². The number of rotatable bonds is 9. The zero-order chi connectivity index (χ0) is 20.7. The van der Waals surface area contributed by atoms with Crippen molar-refractivity contribution in [3.63, 3.8) is 0 Å². The summed E-state index contributed by atoms with van der Waals surface area (Å²) in [6, 6.07) is 9.39. The van der Waals surface area contributed by atoms with Gasteiger partial charge in [0.1, 0.15) is 11.6 Å². The Bertz CT molecular complexity index is 912. The number of nitrogens with one attached hydrogen (secondary N) is 2. The van der Waals surface area contributed by atoms with Crippen LogP contribution < -0.4 is 14.8 Å². The molecule has 2 N–H and O–H groups in total. The first-order valence-corrected chi connectivity index (χ1v) is 10.4. The maximum absolute atomic E-state index is 13.0. The molecule has 0 radical (unpaired) electrons. The number of amides is 1. The summed E-state index contributed by atoms with van der Waals surface area (Å²) in [5.74, 6) is 0.254. The summed E-state index contributed by atoms with van der Waals surface area (Å²) in [5, 5.41) is 2.77. The number of aryl methyl sites for hydroxylation is 1. The van der Waals surface area contributed by atoms with E-state index < -0.39 is 15.8 Å². The Morgan fingerprint density at radius 1 is 1.14 bits per heavy atom. The molecule has 0 spiro atoms. The van der Waals surface area contributed by atoms with Crippen molar-refractivity contribution < 1.29 is 22.3 Å². The zero-order valence-electron chi connectivity index (χ0n) is 16.2. The third kappa shape index (κ3) is 6.53. The lowest BCUT2D eigenvalue weighted by molar-refractivity contribution is -0.123. The van der Waals surface area contributed by atoms with E-state index in [1.54, 1.807) is 6.92 Å². The highest BCUT2D eigenvalue weighted by atomic mass is 32.2. The number of hydrogen-bond acceptors (Lipinski definition) is 4. The van der Waals surface area contributed by atoms with E-state index in [-0.39, 0.29) is 23.1 Å². The first-order valence-electron chi connectivity index (χ1n) is 8.96. The number of carbonyl (C=O) groups is 1. The molecule has 28 heavy (non-hydrogen) atoms. The van der Waals surface area contributed by atoms with Gasteiger partial charge in [-0.3, -0.25) is 9.52 Å². The van der Waals surface area contributed by atoms with E-state index in [1.807, 2.05) is 0 Å². The van der Waals surface area contributed by atoms with Gasteiger partial charge in [-0.15, -0.1) is 0 Å². The maximum atomic E-state index is 13.0. The Kier molecular flexibility index (Phi) is 7.39. The maximum Gasteiger partial charge on any atom is 0.261 e. The van der Waals surface area contributed by atoms with E-state index in [1.165, 1.54) is 42.5 Å². The molecule has 0 aromatic heterocycles. The Labute approximate surface area is 165 Å². The van der Waals surface area contributed by atoms with Crippen molar-refractivity contribution in [2.45, 2.75) is 32.1 Å². The van der Waals surface area contributed by atoms with Crippen LogP contribution in [0.1, 0.15) is 25.8 Å². The Morgan fingerprint density at radius 3 is 2.43 bits per heavy atom. The molecule has 1 amide bonds. The highest BCUT2D eigenvalue weighted by molar-refractivity contribution is 7.92. The number of halogens is 1. The number of carbonyl (C=O) groups excluding carboxylic acids is 1. The van der Waals surface area contributed by atoms with Crippen molar-refractivity contribution in [1.29, 1.82) is 0 Å². The number of hydrogen-bond donors (Lipinski definition) is 2. The van der Waals surface area contributed by atoms with Gasteiger partial charge in [-0.05, 0) is 67.3 Å². The van der Waals surface area contributed by atoms with Gasteiger partial charge in [0.25, 0.3) is 15.9 Å². The lowest BCUT2D eigenvalue weighted by Crippen LogP contribution is -2.30. The monoisotopic (exact) mass is 408 g/mol. The molecule has 0 heterocycles. The summed E-state index contributed by atoms with van der Waals surface area (Å²) in [4.78, 5) is 11.8. The van der Waals surface area contributed by atoms with E-state index in [0.29, 0.717) is 23.8 Å². The van der Waals surface area contributed by atoms with Gasteiger partial charge in [-0.25, -0.2) is 12.8 Å². The molecule has 0 aliphatic rings. The average molecular weight is 408 g/mol. The Hall–Kier alpha value is -2.61. The average Bonchev–Trinajstić information content (AvgIpc) is 2.62. The van der Waals surface area contributed by atoms with Gasteiger partial charge in [-0.1, -0.05) is 13.8 Å². The van der Waals surface area contributed by atoms with Gasteiger partial charge in [0.2, 0.25) is 0 Å². The van der Waals surface area contributed by atoms with Gasteiger partial charge in [-0.2, -0.15) is 0 Å². The van der Waals surface area contributed by atoms with Crippen LogP contribution in [0, 0.1) is 18.7 Å². The van der Waals surface area contributed by atoms with Crippen LogP contribution in [0.15, 0.2) is 47.4 Å². The van der Waals surface area contributed by atoms with E-state index in [4.69, 9.17) is 4.74 Å². The van der Waals surface area contributed by atoms with Crippen molar-refractivity contribution >= 4 is 21.6 Å². The molecule has 2 aromatic rings. The van der Waals surface area contributed by atoms with Crippen LogP contribution in [0.2, 0.25) is 0 Å². The van der Waals surface area contributed by atoms with Gasteiger partial charge in [0, 0.05) is 12.2 Å². The molecule has 0 atom stereocenters. The molecule has 0 fully saturated rings. The van der Waals surface area contributed by atoms with Crippen LogP contribution in [-0.2, 0) is 14.8 Å². The summed E-state index contributed by atoms with van der Waals surface area (Å²) in [7, 11) is -3.82. The second-order valence-corrected chi connectivity index (χ2v) is 8.54. The third-order valence-electron chi connectivity index (χ3n) is 3.96. The van der Waals surface area contributed by atoms with Crippen molar-refractivity contribution in [1.82, 2.24) is 5.32 Å². The van der Waals surface area contributed by atoms with E-state index >= 15 is 0 Å². The number of benzene rings is 2. The van der Waals surface area contributed by atoms with Crippen LogP contribution in [0.4, 0.5) is 10.1 Å². The Morgan fingerprint density at radius 2 is 1.82 bits per heavy atom. The van der Waals surface area contributed by atoms with Crippen LogP contribution in [0.3, 0.4) is 0 Å². The minimum atomic E-state index is -3.82. The second kappa shape index (κ2) is 9.54. The van der Waals surface area contributed by atoms with E-state index in [9.17, 15) is 17.6 Å². The van der Waals surface area contributed by atoms with Gasteiger partial charge in [0.15, 0.2) is 6.61 Å². The number of anilines is 1. The highest BCUT2D eigenvalue weighted by Crippen LogP contribution is 2.23. The lowest BCUT2D eigenvalue weighted by Gasteiger charge is -2.12. The molecular formula is C20H25FN2O4S. The molecule has 0 aliphatic carbocycles. The fraction of sp³-hybridized carbons (Fsp3) is 0.350. The van der Waals surface area contributed by atoms with Crippen LogP contribution >= 0.6 is 0 Å². The van der Waals surface area contributed by atoms with Crippen LogP contribution in [0.25, 0.3) is 0 Å². The predicted octanol–water partition coefficient (Wildman–Crippen LogP) is 3.48. The Balaban J connectivity index is 1.99. The fourth-order valence-electron chi connectivity index (χ4n) is 2.38. The largest absolute Gasteiger partial charge is 0.484 e. The van der Waals surface area contributed by atoms with Crippen molar-refractivity contribution in [2.75, 3.05) is 17.9 Å². The second-order valence-electron chi connectivity index (χ2n) is 6.86. The molecule has 152 valence electrons. The molecular weight excluding hydrogens is 383 g/mol. The first-order chi connectivity index (χ1) is 13.2. The molecule has 0 bridgehead atoms. The summed E-state index contributed by atoms with van der Waals surface area (Å²) in [5.41, 5.74) is 0.842. The SMILES string of the molecule is Cc1cc(S(=O)(=O)Nc2ccc(F)cc2)ccc1OCC(=O)NCCC(C)C. The minimum absolute atomic E-state index is 0.0445.